The van der Waals surface area contributed by atoms with Crippen molar-refractivity contribution >= 4 is 56.6 Å². The highest BCUT2D eigenvalue weighted by atomic mass is 32.1. The molecular weight excluding hydrogens is 991 g/mol. The van der Waals surface area contributed by atoms with E-state index >= 15 is 4.39 Å². The fourth-order valence-corrected chi connectivity index (χ4v) is 11.1. The maximum absolute atomic E-state index is 15.9. The van der Waals surface area contributed by atoms with Crippen molar-refractivity contribution in [2.24, 2.45) is 5.92 Å². The Hall–Kier alpha value is -6.41. The Bertz CT molecular complexity index is 2940. The van der Waals surface area contributed by atoms with Gasteiger partial charge in [0.25, 0.3) is 0 Å². The fourth-order valence-electron chi connectivity index (χ4n) is 10.3. The first kappa shape index (κ1) is 55.8. The van der Waals surface area contributed by atoms with Gasteiger partial charge in [0.2, 0.25) is 17.7 Å². The molecule has 4 aliphatic heterocycles. The number of thiazole rings is 1. The maximum atomic E-state index is 15.9. The number of piperazine rings is 1. The highest BCUT2D eigenvalue weighted by Crippen LogP contribution is 2.39. The number of methoxy groups -OCH3 is 1. The zero-order valence-corrected chi connectivity index (χ0v) is 45.4. The van der Waals surface area contributed by atoms with Gasteiger partial charge in [0.1, 0.15) is 34.6 Å². The normalized spacial score (nSPS) is 18.6. The van der Waals surface area contributed by atoms with E-state index in [0.29, 0.717) is 54.9 Å². The molecule has 4 atom stereocenters. The number of aromatic hydroxyl groups is 1. The summed E-state index contributed by atoms with van der Waals surface area (Å²) in [5.74, 6) is -0.562. The Balaban J connectivity index is 0.000000190. The average Bonchev–Trinajstić information content (AvgIpc) is 4.28. The summed E-state index contributed by atoms with van der Waals surface area (Å²) in [5.41, 5.74) is 5.05. The van der Waals surface area contributed by atoms with Gasteiger partial charge in [0.05, 0.1) is 47.8 Å². The molecule has 6 aromatic rings. The van der Waals surface area contributed by atoms with Crippen molar-refractivity contribution in [2.45, 2.75) is 110 Å². The lowest BCUT2D eigenvalue weighted by Crippen LogP contribution is -2.51. The molecule has 0 spiro atoms. The van der Waals surface area contributed by atoms with Crippen LogP contribution >= 0.6 is 11.3 Å². The van der Waals surface area contributed by atoms with E-state index in [1.807, 2.05) is 43.6 Å². The number of rotatable bonds is 16. The second-order valence-corrected chi connectivity index (χ2v) is 21.6. The molecule has 3 aromatic heterocycles. The maximum Gasteiger partial charge on any atom is 0.318 e. The second-order valence-electron chi connectivity index (χ2n) is 20.7. The predicted molar refractivity (Wildman–Crippen MR) is 293 cm³/mol. The first-order valence-electron chi connectivity index (χ1n) is 26.7. The number of fused-ring (bicyclic) bond motifs is 4. The summed E-state index contributed by atoms with van der Waals surface area (Å²) in [6, 6.07) is 15.4. The Morgan fingerprint density at radius 2 is 1.66 bits per heavy atom. The number of nitrogens with one attached hydrogen (secondary N) is 3. The van der Waals surface area contributed by atoms with E-state index in [1.165, 1.54) is 63.5 Å². The zero-order valence-electron chi connectivity index (χ0n) is 44.5. The van der Waals surface area contributed by atoms with Gasteiger partial charge in [0, 0.05) is 68.4 Å². The number of carbonyl (C=O) groups is 3. The van der Waals surface area contributed by atoms with Crippen molar-refractivity contribution < 1.29 is 37.7 Å². The molecule has 10 rings (SSSR count). The number of phenolic OH excluding ortho intramolecular Hbond substituents is 1. The number of hydrogen-bond donors (Lipinski definition) is 4. The van der Waals surface area contributed by atoms with Gasteiger partial charge in [-0.3, -0.25) is 19.4 Å². The molecule has 2 bridgehead atoms. The SMILES string of the molecule is CC(C)C.COc1nc(N2CC3CCC(C2)N3)c2cnc(-c3cc(O)cc4cccc(F)c34)c(F)c2n1.Cc1ncsc1-c1ccc(C(C)NC(=O)C2CCCN2C(=O)CNC(=O)CCOCCCN2CCCC2)cc1. The van der Waals surface area contributed by atoms with Gasteiger partial charge in [-0.2, -0.15) is 9.97 Å². The number of aromatic nitrogens is 4. The predicted octanol–water partition coefficient (Wildman–Crippen LogP) is 8.74. The number of carbonyl (C=O) groups excluding carboxylic acids is 3. The number of nitrogens with zero attached hydrogens (tertiary/aromatic N) is 7. The molecule has 3 amide bonds. The minimum absolute atomic E-state index is 0.0422. The molecule has 406 valence electrons. The number of likely N-dealkylation sites (tertiary alicyclic amines) is 2. The molecular formula is C57H72F2N10O6S. The topological polar surface area (TPSA) is 187 Å². The lowest BCUT2D eigenvalue weighted by Gasteiger charge is -2.34. The number of ether oxygens (including phenoxy) is 2. The molecule has 0 saturated carbocycles. The van der Waals surface area contributed by atoms with E-state index in [1.54, 1.807) is 22.3 Å². The first-order valence-corrected chi connectivity index (χ1v) is 27.5. The molecule has 4 unspecified atom stereocenters. The van der Waals surface area contributed by atoms with Crippen LogP contribution < -0.4 is 25.6 Å². The molecule has 0 aliphatic carbocycles. The number of anilines is 1. The highest BCUT2D eigenvalue weighted by molar-refractivity contribution is 7.13. The summed E-state index contributed by atoms with van der Waals surface area (Å²) in [7, 11) is 1.44. The van der Waals surface area contributed by atoms with Crippen LogP contribution in [0.1, 0.15) is 96.4 Å². The third-order valence-corrected chi connectivity index (χ3v) is 15.0. The Kier molecular flexibility index (Phi) is 19.2. The third-order valence-electron chi connectivity index (χ3n) is 14.0. The standard InChI is InChI=1S/C29H41N5O4S.C24H21F2N5O2.C4H10/c1-21(23-8-10-24(11-9-23)28-22(2)31-20-39-28)32-29(37)25-7-5-16-34(25)27(36)19-30-26(35)12-18-38-17-6-15-33-13-3-4-14-33;1-33-24-29-22-17(23(30-24)31-10-13-5-6-14(11-31)28-13)9-27-21(20(22)26)16-8-15(32)7-12-3-2-4-18(25)19(12)16;1-4(2)3/h8-11,20-21,25H,3-7,12-19H2,1-2H3,(H,30,35)(H,32,37);2-4,7-9,13-14,28,32H,5-6,10-11H2,1H3;4H,1-3H3. The molecule has 4 N–H and O–H groups in total. The summed E-state index contributed by atoms with van der Waals surface area (Å²) in [4.78, 5) is 62.8. The molecule has 19 heteroatoms. The van der Waals surface area contributed by atoms with Gasteiger partial charge in [-0.1, -0.05) is 57.2 Å². The number of halogens is 2. The van der Waals surface area contributed by atoms with Gasteiger partial charge >= 0.3 is 6.01 Å². The van der Waals surface area contributed by atoms with E-state index in [2.05, 4.69) is 66.5 Å². The average molecular weight is 1060 g/mol. The Morgan fingerprint density at radius 1 is 0.921 bits per heavy atom. The summed E-state index contributed by atoms with van der Waals surface area (Å²) in [6.07, 6.45) is 8.84. The van der Waals surface area contributed by atoms with Gasteiger partial charge in [0.15, 0.2) is 5.82 Å². The van der Waals surface area contributed by atoms with Crippen molar-refractivity contribution in [3.8, 4) is 33.5 Å². The molecule has 16 nitrogen and oxygen atoms in total. The van der Waals surface area contributed by atoms with E-state index in [4.69, 9.17) is 9.47 Å². The van der Waals surface area contributed by atoms with Crippen molar-refractivity contribution in [1.29, 1.82) is 0 Å². The lowest BCUT2D eigenvalue weighted by atomic mass is 9.99. The molecule has 3 aromatic carbocycles. The molecule has 4 aliphatic rings. The number of hydrogen-bond acceptors (Lipinski definition) is 14. The van der Waals surface area contributed by atoms with Crippen LogP contribution in [0.25, 0.3) is 43.4 Å². The quantitative estimate of drug-likeness (QED) is 0.0675. The smallest absolute Gasteiger partial charge is 0.318 e. The largest absolute Gasteiger partial charge is 0.508 e. The van der Waals surface area contributed by atoms with Crippen LogP contribution in [0.15, 0.2) is 66.3 Å². The minimum atomic E-state index is -0.720. The van der Waals surface area contributed by atoms with Crippen LogP contribution in [0.5, 0.6) is 11.8 Å². The first-order chi connectivity index (χ1) is 36.7. The van der Waals surface area contributed by atoms with Crippen LogP contribution in [0, 0.1) is 24.5 Å². The summed E-state index contributed by atoms with van der Waals surface area (Å²) in [5, 5.41) is 20.6. The van der Waals surface area contributed by atoms with Gasteiger partial charge in [-0.25, -0.2) is 13.8 Å². The van der Waals surface area contributed by atoms with Crippen LogP contribution in [-0.2, 0) is 19.1 Å². The van der Waals surface area contributed by atoms with E-state index < -0.39 is 17.7 Å². The van der Waals surface area contributed by atoms with Crippen molar-refractivity contribution in [2.75, 3.05) is 71.0 Å². The van der Waals surface area contributed by atoms with Crippen LogP contribution in [0.2, 0.25) is 0 Å². The van der Waals surface area contributed by atoms with E-state index in [9.17, 15) is 23.9 Å². The van der Waals surface area contributed by atoms with Gasteiger partial charge < -0.3 is 45.2 Å². The summed E-state index contributed by atoms with van der Waals surface area (Å²) < 4.78 is 41.5. The Morgan fingerprint density at radius 3 is 2.36 bits per heavy atom. The molecule has 7 heterocycles. The third kappa shape index (κ3) is 13.9. The van der Waals surface area contributed by atoms with Crippen molar-refractivity contribution in [1.82, 2.24) is 45.7 Å². The van der Waals surface area contributed by atoms with Crippen LogP contribution in [-0.4, -0.2) is 137 Å². The van der Waals surface area contributed by atoms with Gasteiger partial charge in [-0.05, 0) is 113 Å². The lowest BCUT2D eigenvalue weighted by molar-refractivity contribution is -0.139. The molecule has 0 radical (unpaired) electrons. The zero-order chi connectivity index (χ0) is 53.9. The minimum Gasteiger partial charge on any atom is -0.508 e. The number of pyridine rings is 1. The summed E-state index contributed by atoms with van der Waals surface area (Å²) in [6.45, 7) is 16.7. The number of aryl methyl sites for hydroxylation is 1. The summed E-state index contributed by atoms with van der Waals surface area (Å²) >= 11 is 1.61. The van der Waals surface area contributed by atoms with Crippen molar-refractivity contribution in [3.05, 3.63) is 89.2 Å². The molecule has 4 saturated heterocycles. The monoisotopic (exact) mass is 1060 g/mol. The highest BCUT2D eigenvalue weighted by Gasteiger charge is 2.36. The van der Waals surface area contributed by atoms with Crippen LogP contribution in [0.4, 0.5) is 14.6 Å². The molecule has 76 heavy (non-hydrogen) atoms. The van der Waals surface area contributed by atoms with Crippen molar-refractivity contribution in [3.63, 3.8) is 0 Å². The van der Waals surface area contributed by atoms with Crippen LogP contribution in [0.3, 0.4) is 0 Å². The van der Waals surface area contributed by atoms with E-state index in [-0.39, 0.29) is 70.6 Å². The Labute approximate surface area is 448 Å². The molecule has 4 fully saturated rings. The second kappa shape index (κ2) is 26.1. The number of phenols is 1. The van der Waals surface area contributed by atoms with E-state index in [0.717, 1.165) is 72.9 Å². The fraction of sp³-hybridized carbons (Fsp3) is 0.491. The number of benzene rings is 3. The number of amides is 3. The van der Waals surface area contributed by atoms with Gasteiger partial charge in [-0.15, -0.1) is 11.3 Å².